The fourth-order valence-electron chi connectivity index (χ4n) is 5.38. The summed E-state index contributed by atoms with van der Waals surface area (Å²) < 4.78 is 0.979. The lowest BCUT2D eigenvalue weighted by Crippen LogP contribution is -2.66. The van der Waals surface area contributed by atoms with E-state index in [-0.39, 0.29) is 5.91 Å². The maximum atomic E-state index is 11.2. The van der Waals surface area contributed by atoms with Crippen LogP contribution in [0.15, 0.2) is 48.8 Å². The largest absolute Gasteiger partial charge is 0.381 e. The maximum absolute atomic E-state index is 11.2. The van der Waals surface area contributed by atoms with Gasteiger partial charge in [-0.3, -0.25) is 14.7 Å². The molecule has 2 aromatic heterocycles. The van der Waals surface area contributed by atoms with Crippen molar-refractivity contribution in [1.82, 2.24) is 9.88 Å². The number of amides is 1. The zero-order valence-corrected chi connectivity index (χ0v) is 21.0. The molecule has 5 rings (SSSR count). The van der Waals surface area contributed by atoms with E-state index in [0.717, 1.165) is 40.8 Å². The van der Waals surface area contributed by atoms with Gasteiger partial charge in [0.1, 0.15) is 0 Å². The van der Waals surface area contributed by atoms with E-state index in [1.54, 1.807) is 12.4 Å². The van der Waals surface area contributed by atoms with Crippen molar-refractivity contribution in [3.63, 3.8) is 0 Å². The van der Waals surface area contributed by atoms with Crippen LogP contribution < -0.4 is 11.1 Å². The van der Waals surface area contributed by atoms with Crippen molar-refractivity contribution in [2.45, 2.75) is 78.0 Å². The Labute approximate surface area is 201 Å². The number of pyridine rings is 1. The van der Waals surface area contributed by atoms with Crippen LogP contribution in [0, 0.1) is 5.41 Å². The maximum Gasteiger partial charge on any atom is 0.258 e. The highest BCUT2D eigenvalue weighted by Crippen LogP contribution is 2.54. The number of fused-ring (bicyclic) bond motifs is 2. The molecular weight excluding hydrogens is 428 g/mol. The third kappa shape index (κ3) is 4.78. The smallest absolute Gasteiger partial charge is 0.258 e. The molecule has 1 aromatic carbocycles. The zero-order chi connectivity index (χ0) is 23.6. The highest BCUT2D eigenvalue weighted by atomic mass is 32.1. The summed E-state index contributed by atoms with van der Waals surface area (Å²) in [5.41, 5.74) is 8.33. The number of primary amides is 1. The Kier molecular flexibility index (Phi) is 7.05. The van der Waals surface area contributed by atoms with Gasteiger partial charge in [0, 0.05) is 36.3 Å². The van der Waals surface area contributed by atoms with Gasteiger partial charge in [0.15, 0.2) is 0 Å². The highest BCUT2D eigenvalue weighted by Gasteiger charge is 2.56. The molecule has 3 unspecified atom stereocenters. The highest BCUT2D eigenvalue weighted by molar-refractivity contribution is 7.20. The average Bonchev–Trinajstić information content (AvgIpc) is 3.41. The molecule has 5 nitrogen and oxygen atoms in total. The summed E-state index contributed by atoms with van der Waals surface area (Å²) in [5, 5.41) is 4.39. The summed E-state index contributed by atoms with van der Waals surface area (Å²) in [6.07, 6.45) is 8.85. The lowest BCUT2D eigenvalue weighted by molar-refractivity contribution is -0.105. The lowest BCUT2D eigenvalue weighted by atomic mass is 9.68. The van der Waals surface area contributed by atoms with Gasteiger partial charge in [-0.1, -0.05) is 50.6 Å². The predicted octanol–water partition coefficient (Wildman–Crippen LogP) is 6.06. The van der Waals surface area contributed by atoms with Gasteiger partial charge >= 0.3 is 0 Å². The van der Waals surface area contributed by atoms with Crippen LogP contribution in [0.1, 0.15) is 68.6 Å². The van der Waals surface area contributed by atoms with E-state index < -0.39 is 0 Å². The average molecular weight is 465 g/mol. The first-order chi connectivity index (χ1) is 15.8. The number of nitrogens with one attached hydrogen (secondary N) is 1. The molecule has 1 saturated heterocycles. The number of hydrogen-bond acceptors (Lipinski definition) is 5. The number of aromatic nitrogens is 1. The number of benzene rings is 1. The van der Waals surface area contributed by atoms with Crippen molar-refractivity contribution < 1.29 is 4.79 Å². The molecule has 0 bridgehead atoms. The molecule has 2 fully saturated rings. The van der Waals surface area contributed by atoms with Crippen LogP contribution in [0.25, 0.3) is 10.1 Å². The Hall–Kier alpha value is -2.44. The summed E-state index contributed by atoms with van der Waals surface area (Å²) >= 11 is 1.38. The molecule has 1 saturated carbocycles. The van der Waals surface area contributed by atoms with Crippen molar-refractivity contribution in [3.8, 4) is 0 Å². The van der Waals surface area contributed by atoms with Gasteiger partial charge < -0.3 is 11.1 Å². The number of rotatable bonds is 6. The number of carbonyl (C=O) groups is 1. The Bertz CT molecular complexity index is 1100. The van der Waals surface area contributed by atoms with Crippen LogP contribution in [-0.4, -0.2) is 33.9 Å². The lowest BCUT2D eigenvalue weighted by Gasteiger charge is -2.59. The number of nitrogens with zero attached hydrogens (tertiary/aromatic N) is 2. The van der Waals surface area contributed by atoms with Gasteiger partial charge in [-0.2, -0.15) is 0 Å². The Morgan fingerprint density at radius 3 is 2.79 bits per heavy atom. The molecule has 3 N–H and O–H groups in total. The predicted molar refractivity (Wildman–Crippen MR) is 139 cm³/mol. The molecule has 4 atom stereocenters. The van der Waals surface area contributed by atoms with E-state index in [9.17, 15) is 4.79 Å². The number of hydrogen-bond donors (Lipinski definition) is 2. The minimum Gasteiger partial charge on any atom is -0.381 e. The monoisotopic (exact) mass is 464 g/mol. The van der Waals surface area contributed by atoms with E-state index in [0.29, 0.717) is 16.3 Å². The Morgan fingerprint density at radius 1 is 1.33 bits per heavy atom. The molecular formula is C27H36N4OS. The fourth-order valence-corrected chi connectivity index (χ4v) is 6.28. The Balaban J connectivity index is 0.000000157. The van der Waals surface area contributed by atoms with Gasteiger partial charge in [0.2, 0.25) is 0 Å². The summed E-state index contributed by atoms with van der Waals surface area (Å²) in [6, 6.07) is 14.7. The van der Waals surface area contributed by atoms with Crippen LogP contribution >= 0.6 is 11.3 Å². The van der Waals surface area contributed by atoms with Crippen LogP contribution in [0.5, 0.6) is 0 Å². The van der Waals surface area contributed by atoms with Crippen LogP contribution in [0.2, 0.25) is 0 Å². The van der Waals surface area contributed by atoms with Crippen molar-refractivity contribution in [3.05, 3.63) is 59.2 Å². The Morgan fingerprint density at radius 2 is 2.09 bits per heavy atom. The molecule has 2 aliphatic rings. The van der Waals surface area contributed by atoms with Gasteiger partial charge in [-0.15, -0.1) is 11.3 Å². The van der Waals surface area contributed by atoms with Gasteiger partial charge in [0.05, 0.1) is 21.5 Å². The first-order valence-corrected chi connectivity index (χ1v) is 12.9. The molecule has 3 aromatic rings. The van der Waals surface area contributed by atoms with Crippen molar-refractivity contribution >= 4 is 33.0 Å². The molecule has 1 aliphatic carbocycles. The van der Waals surface area contributed by atoms with E-state index in [1.165, 1.54) is 36.2 Å². The second-order valence-electron chi connectivity index (χ2n) is 9.78. The molecule has 0 spiro atoms. The van der Waals surface area contributed by atoms with E-state index in [2.05, 4.69) is 73.2 Å². The fraction of sp³-hybridized carbons (Fsp3) is 0.481. The van der Waals surface area contributed by atoms with E-state index in [4.69, 9.17) is 5.73 Å². The van der Waals surface area contributed by atoms with Crippen molar-refractivity contribution in [2.75, 3.05) is 5.32 Å². The third-order valence-electron chi connectivity index (χ3n) is 7.72. The first-order valence-electron chi connectivity index (χ1n) is 12.1. The quantitative estimate of drug-likeness (QED) is 0.465. The summed E-state index contributed by atoms with van der Waals surface area (Å²) in [4.78, 5) is 18.6. The van der Waals surface area contributed by atoms with Gasteiger partial charge in [-0.25, -0.2) is 0 Å². The summed E-state index contributed by atoms with van der Waals surface area (Å²) in [7, 11) is 0. The number of carbonyl (C=O) groups excluding carboxylic acids is 1. The minimum absolute atomic E-state index is 0.374. The van der Waals surface area contributed by atoms with E-state index >= 15 is 0 Å². The number of nitrogens with two attached hydrogens (primary N) is 1. The summed E-state index contributed by atoms with van der Waals surface area (Å²) in [5.74, 6) is -0.388. The topological polar surface area (TPSA) is 71.2 Å². The first kappa shape index (κ1) is 23.7. The standard InChI is InChI=1S/C15H21N.C12H15N3OS/c1-12-15(2)10-6-9-14(15)16(12)11-13-7-4-3-5-8-13;1-3-7(2)15-9-5-14-6-11-8(9)4-10(17-11)12(13)16/h3-5,7-8,12,14H,6,9-11H2,1-2H3;4-7,15H,3H2,1-2H3,(H2,13,16)/t;7-/m.1/s1. The molecule has 1 amide bonds. The summed E-state index contributed by atoms with van der Waals surface area (Å²) in [6.45, 7) is 10.3. The van der Waals surface area contributed by atoms with Gasteiger partial charge in [-0.05, 0) is 50.2 Å². The van der Waals surface area contributed by atoms with Crippen LogP contribution in [0.4, 0.5) is 5.69 Å². The molecule has 176 valence electrons. The van der Waals surface area contributed by atoms with E-state index in [1.807, 2.05) is 6.07 Å². The zero-order valence-electron chi connectivity index (χ0n) is 20.2. The second-order valence-corrected chi connectivity index (χ2v) is 10.9. The minimum atomic E-state index is -0.388. The normalized spacial score (nSPS) is 25.0. The number of thiophene rings is 1. The SMILES string of the molecule is CC1N(Cc2ccccc2)C2CCCC12C.CC[C@@H](C)Nc1cncc2sc(C(N)=O)cc12. The molecule has 33 heavy (non-hydrogen) atoms. The molecule has 1 aliphatic heterocycles. The second kappa shape index (κ2) is 9.82. The number of likely N-dealkylation sites (tertiary alicyclic amines) is 1. The van der Waals surface area contributed by atoms with Crippen molar-refractivity contribution in [1.29, 1.82) is 0 Å². The molecule has 0 radical (unpaired) electrons. The van der Waals surface area contributed by atoms with Crippen LogP contribution in [-0.2, 0) is 6.54 Å². The van der Waals surface area contributed by atoms with Crippen molar-refractivity contribution in [2.24, 2.45) is 11.1 Å². The number of anilines is 1. The van der Waals surface area contributed by atoms with Gasteiger partial charge in [0.25, 0.3) is 5.91 Å². The third-order valence-corrected chi connectivity index (χ3v) is 8.80. The molecule has 6 heteroatoms. The molecule has 3 heterocycles. The van der Waals surface area contributed by atoms with Crippen LogP contribution in [0.3, 0.4) is 0 Å².